The Morgan fingerprint density at radius 1 is 0.941 bits per heavy atom. The van der Waals surface area contributed by atoms with E-state index < -0.39 is 0 Å². The number of carbonyl (C=O) groups is 1. The fourth-order valence-electron chi connectivity index (χ4n) is 4.64. The van der Waals surface area contributed by atoms with Crippen molar-refractivity contribution in [3.8, 4) is 10.6 Å². The van der Waals surface area contributed by atoms with E-state index in [1.165, 1.54) is 24.1 Å². The van der Waals surface area contributed by atoms with Crippen molar-refractivity contribution in [3.05, 3.63) is 65.2 Å². The second kappa shape index (κ2) is 10.7. The van der Waals surface area contributed by atoms with Crippen molar-refractivity contribution in [1.82, 2.24) is 14.8 Å². The zero-order valence-corrected chi connectivity index (χ0v) is 20.7. The van der Waals surface area contributed by atoms with E-state index in [9.17, 15) is 4.79 Å². The quantitative estimate of drug-likeness (QED) is 0.551. The molecule has 1 aromatic heterocycles. The normalized spacial score (nSPS) is 17.3. The number of hydrogen-bond donors (Lipinski definition) is 1. The molecule has 178 valence electrons. The minimum atomic E-state index is -0.0340. The summed E-state index contributed by atoms with van der Waals surface area (Å²) in [6.45, 7) is 7.76. The van der Waals surface area contributed by atoms with E-state index in [4.69, 9.17) is 4.98 Å². The first-order valence-corrected chi connectivity index (χ1v) is 13.1. The van der Waals surface area contributed by atoms with E-state index in [1.807, 2.05) is 17.5 Å². The molecule has 34 heavy (non-hydrogen) atoms. The molecule has 1 amide bonds. The van der Waals surface area contributed by atoms with Gasteiger partial charge in [-0.1, -0.05) is 24.3 Å². The van der Waals surface area contributed by atoms with Gasteiger partial charge in [0.1, 0.15) is 5.01 Å². The predicted molar refractivity (Wildman–Crippen MR) is 141 cm³/mol. The van der Waals surface area contributed by atoms with Gasteiger partial charge in [-0.2, -0.15) is 0 Å². The highest BCUT2D eigenvalue weighted by atomic mass is 32.1. The third-order valence-corrected chi connectivity index (χ3v) is 7.66. The van der Waals surface area contributed by atoms with Gasteiger partial charge in [0.15, 0.2) is 0 Å². The number of nitrogens with one attached hydrogen (secondary N) is 1. The van der Waals surface area contributed by atoms with E-state index in [0.29, 0.717) is 0 Å². The maximum absolute atomic E-state index is 12.6. The maximum atomic E-state index is 12.6. The van der Waals surface area contributed by atoms with Crippen LogP contribution in [0.25, 0.3) is 10.6 Å². The summed E-state index contributed by atoms with van der Waals surface area (Å²) in [7, 11) is 2.19. The largest absolute Gasteiger partial charge is 0.372 e. The summed E-state index contributed by atoms with van der Waals surface area (Å²) in [5.74, 6) is -0.0340. The van der Waals surface area contributed by atoms with Gasteiger partial charge < -0.3 is 15.1 Å². The Labute approximate surface area is 206 Å². The molecule has 7 heteroatoms. The molecule has 0 atom stereocenters. The smallest absolute Gasteiger partial charge is 0.230 e. The number of rotatable bonds is 7. The van der Waals surface area contributed by atoms with Gasteiger partial charge in [-0.15, -0.1) is 11.3 Å². The standard InChI is InChI=1S/C27H33N5OS/c1-30-14-16-31(17-15-30)19-21-4-6-22(7-5-21)27-29-24(20-34-27)18-26(33)28-23-8-10-25(11-9-23)32-12-2-3-13-32/h4-11,20H,2-3,12-19H2,1H3,(H,28,33). The molecule has 2 saturated heterocycles. The first-order valence-electron chi connectivity index (χ1n) is 12.2. The van der Waals surface area contributed by atoms with E-state index in [1.54, 1.807) is 11.3 Å². The summed E-state index contributed by atoms with van der Waals surface area (Å²) >= 11 is 1.60. The van der Waals surface area contributed by atoms with Crippen LogP contribution in [0.2, 0.25) is 0 Å². The molecule has 1 N–H and O–H groups in total. The number of carbonyl (C=O) groups excluding carboxylic acids is 1. The van der Waals surface area contributed by atoms with Gasteiger partial charge in [0.25, 0.3) is 0 Å². The molecule has 0 aliphatic carbocycles. The van der Waals surface area contributed by atoms with Crippen molar-refractivity contribution < 1.29 is 4.79 Å². The Morgan fingerprint density at radius 3 is 2.35 bits per heavy atom. The van der Waals surface area contributed by atoms with E-state index >= 15 is 0 Å². The topological polar surface area (TPSA) is 51.7 Å². The summed E-state index contributed by atoms with van der Waals surface area (Å²) in [6, 6.07) is 16.9. The summed E-state index contributed by atoms with van der Waals surface area (Å²) in [4.78, 5) is 24.6. The van der Waals surface area contributed by atoms with Crippen LogP contribution in [0.5, 0.6) is 0 Å². The first-order chi connectivity index (χ1) is 16.6. The van der Waals surface area contributed by atoms with Crippen LogP contribution in [-0.4, -0.2) is 67.0 Å². The van der Waals surface area contributed by atoms with E-state index in [-0.39, 0.29) is 12.3 Å². The average Bonchev–Trinajstić information content (AvgIpc) is 3.54. The maximum Gasteiger partial charge on any atom is 0.230 e. The number of anilines is 2. The zero-order valence-electron chi connectivity index (χ0n) is 19.9. The Hall–Kier alpha value is -2.74. The average molecular weight is 476 g/mol. The van der Waals surface area contributed by atoms with Crippen molar-refractivity contribution in [2.24, 2.45) is 0 Å². The van der Waals surface area contributed by atoms with Gasteiger partial charge in [0.2, 0.25) is 5.91 Å². The van der Waals surface area contributed by atoms with Gasteiger partial charge >= 0.3 is 0 Å². The van der Waals surface area contributed by atoms with E-state index in [2.05, 4.69) is 63.5 Å². The lowest BCUT2D eigenvalue weighted by atomic mass is 10.1. The molecule has 3 heterocycles. The van der Waals surface area contributed by atoms with Crippen LogP contribution in [0, 0.1) is 0 Å². The SMILES string of the molecule is CN1CCN(Cc2ccc(-c3nc(CC(=O)Nc4ccc(N5CCCC5)cc4)cs3)cc2)CC1. The second-order valence-corrected chi connectivity index (χ2v) is 10.2. The number of benzene rings is 2. The van der Waals surface area contributed by atoms with Crippen LogP contribution in [0.3, 0.4) is 0 Å². The summed E-state index contributed by atoms with van der Waals surface area (Å²) < 4.78 is 0. The fourth-order valence-corrected chi connectivity index (χ4v) is 5.46. The highest BCUT2D eigenvalue weighted by molar-refractivity contribution is 7.13. The Balaban J connectivity index is 1.13. The van der Waals surface area contributed by atoms with Crippen LogP contribution >= 0.6 is 11.3 Å². The molecular weight excluding hydrogens is 442 g/mol. The number of thiazole rings is 1. The molecular formula is C27H33N5OS. The van der Waals surface area contributed by atoms with Crippen molar-refractivity contribution in [3.63, 3.8) is 0 Å². The zero-order chi connectivity index (χ0) is 23.3. The number of piperazine rings is 1. The Kier molecular flexibility index (Phi) is 7.23. The lowest BCUT2D eigenvalue weighted by Gasteiger charge is -2.32. The van der Waals surface area contributed by atoms with Gasteiger partial charge in [-0.3, -0.25) is 9.69 Å². The van der Waals surface area contributed by atoms with Crippen molar-refractivity contribution in [2.45, 2.75) is 25.8 Å². The number of nitrogens with zero attached hydrogens (tertiary/aromatic N) is 4. The number of aromatic nitrogens is 1. The molecule has 0 radical (unpaired) electrons. The minimum absolute atomic E-state index is 0.0340. The van der Waals surface area contributed by atoms with Gasteiger partial charge in [-0.05, 0) is 49.7 Å². The Bertz CT molecular complexity index is 1080. The first kappa shape index (κ1) is 23.0. The number of amides is 1. The molecule has 2 aliphatic rings. The highest BCUT2D eigenvalue weighted by Gasteiger charge is 2.15. The third kappa shape index (κ3) is 5.84. The molecule has 0 spiro atoms. The van der Waals surface area contributed by atoms with Gasteiger partial charge in [-0.25, -0.2) is 4.98 Å². The summed E-state index contributed by atoms with van der Waals surface area (Å²) in [5, 5.41) is 5.96. The lowest BCUT2D eigenvalue weighted by molar-refractivity contribution is -0.115. The van der Waals surface area contributed by atoms with Crippen LogP contribution in [-0.2, 0) is 17.8 Å². The molecule has 2 aromatic carbocycles. The summed E-state index contributed by atoms with van der Waals surface area (Å²) in [5.41, 5.74) is 5.32. The predicted octanol–water partition coefficient (Wildman–Crippen LogP) is 4.34. The van der Waals surface area contributed by atoms with Gasteiger partial charge in [0.05, 0.1) is 12.1 Å². The molecule has 0 saturated carbocycles. The van der Waals surface area contributed by atoms with Crippen LogP contribution < -0.4 is 10.2 Å². The van der Waals surface area contributed by atoms with Crippen LogP contribution in [0.4, 0.5) is 11.4 Å². The fraction of sp³-hybridized carbons (Fsp3) is 0.407. The monoisotopic (exact) mass is 475 g/mol. The van der Waals surface area contributed by atoms with Crippen LogP contribution in [0.1, 0.15) is 24.1 Å². The van der Waals surface area contributed by atoms with Crippen molar-refractivity contribution >= 4 is 28.6 Å². The van der Waals surface area contributed by atoms with Gasteiger partial charge in [0, 0.05) is 68.1 Å². The second-order valence-electron chi connectivity index (χ2n) is 9.39. The Morgan fingerprint density at radius 2 is 1.65 bits per heavy atom. The lowest BCUT2D eigenvalue weighted by Crippen LogP contribution is -2.43. The molecule has 2 fully saturated rings. The van der Waals surface area contributed by atoms with Crippen LogP contribution in [0.15, 0.2) is 53.9 Å². The molecule has 2 aliphatic heterocycles. The van der Waals surface area contributed by atoms with Crippen molar-refractivity contribution in [2.75, 3.05) is 56.5 Å². The molecule has 0 unspecified atom stereocenters. The minimum Gasteiger partial charge on any atom is -0.372 e. The van der Waals surface area contributed by atoms with E-state index in [0.717, 1.165) is 67.8 Å². The highest BCUT2D eigenvalue weighted by Crippen LogP contribution is 2.25. The van der Waals surface area contributed by atoms with Crippen molar-refractivity contribution in [1.29, 1.82) is 0 Å². The summed E-state index contributed by atoms with van der Waals surface area (Å²) in [6.07, 6.45) is 2.80. The molecule has 6 nitrogen and oxygen atoms in total. The number of hydrogen-bond acceptors (Lipinski definition) is 6. The molecule has 3 aromatic rings. The third-order valence-electron chi connectivity index (χ3n) is 6.72. The molecule has 5 rings (SSSR count). The number of likely N-dealkylation sites (N-methyl/N-ethyl adjacent to an activating group) is 1. The molecule has 0 bridgehead atoms.